The van der Waals surface area contributed by atoms with Crippen LogP contribution in [-0.2, 0) is 9.59 Å². The fraction of sp³-hybridized carbons (Fsp3) is 0.300. The van der Waals surface area contributed by atoms with Crippen molar-refractivity contribution in [2.24, 2.45) is 0 Å². The van der Waals surface area contributed by atoms with Crippen LogP contribution >= 0.6 is 0 Å². The van der Waals surface area contributed by atoms with E-state index >= 15 is 0 Å². The third-order valence-electron chi connectivity index (χ3n) is 4.24. The van der Waals surface area contributed by atoms with Crippen molar-refractivity contribution in [1.29, 1.82) is 0 Å². The molecule has 0 saturated carbocycles. The second kappa shape index (κ2) is 7.91. The average molecular weight is 354 g/mol. The van der Waals surface area contributed by atoms with Gasteiger partial charge in [-0.05, 0) is 43.7 Å². The Balaban J connectivity index is 1.73. The summed E-state index contributed by atoms with van der Waals surface area (Å²) in [5.41, 5.74) is 1.26. The molecule has 6 heteroatoms. The maximum absolute atomic E-state index is 12.4. The summed E-state index contributed by atoms with van der Waals surface area (Å²) in [6.45, 7) is 2.34. The number of nitrogens with zero attached hydrogens (tertiary/aromatic N) is 1. The van der Waals surface area contributed by atoms with Crippen LogP contribution < -0.4 is 19.7 Å². The topological polar surface area (TPSA) is 67.9 Å². The van der Waals surface area contributed by atoms with E-state index in [0.717, 1.165) is 6.42 Å². The third-order valence-corrected chi connectivity index (χ3v) is 4.24. The van der Waals surface area contributed by atoms with Crippen LogP contribution in [0.2, 0.25) is 0 Å². The number of methoxy groups -OCH3 is 1. The number of carbonyl (C=O) groups is 2. The average Bonchev–Trinajstić information content (AvgIpc) is 3.08. The molecular weight excluding hydrogens is 332 g/mol. The third kappa shape index (κ3) is 3.96. The minimum atomic E-state index is -0.656. The van der Waals surface area contributed by atoms with Crippen LogP contribution in [0.5, 0.6) is 11.5 Å². The molecule has 3 rings (SSSR count). The van der Waals surface area contributed by atoms with Crippen LogP contribution in [0.3, 0.4) is 0 Å². The Morgan fingerprint density at radius 2 is 1.96 bits per heavy atom. The van der Waals surface area contributed by atoms with Crippen molar-refractivity contribution in [3.05, 3.63) is 48.5 Å². The Bertz CT molecular complexity index is 792. The molecule has 2 amide bonds. The molecule has 6 nitrogen and oxygen atoms in total. The van der Waals surface area contributed by atoms with E-state index < -0.39 is 6.10 Å². The molecule has 0 radical (unpaired) electrons. The quantitative estimate of drug-likeness (QED) is 0.865. The number of carbonyl (C=O) groups excluding carboxylic acids is 2. The number of ether oxygens (including phenoxy) is 2. The molecule has 26 heavy (non-hydrogen) atoms. The molecule has 0 aliphatic carbocycles. The molecule has 136 valence electrons. The summed E-state index contributed by atoms with van der Waals surface area (Å²) in [4.78, 5) is 26.2. The first-order chi connectivity index (χ1) is 12.6. The highest BCUT2D eigenvalue weighted by Gasteiger charge is 2.25. The second-order valence-corrected chi connectivity index (χ2v) is 6.10. The van der Waals surface area contributed by atoms with Gasteiger partial charge >= 0.3 is 0 Å². The summed E-state index contributed by atoms with van der Waals surface area (Å²) in [7, 11) is 1.56. The molecule has 0 aromatic heterocycles. The van der Waals surface area contributed by atoms with Gasteiger partial charge in [0.05, 0.1) is 12.8 Å². The molecule has 1 fully saturated rings. The number of anilines is 2. The van der Waals surface area contributed by atoms with E-state index in [1.165, 1.54) is 0 Å². The Kier molecular flexibility index (Phi) is 5.41. The van der Waals surface area contributed by atoms with Gasteiger partial charge in [0.1, 0.15) is 11.5 Å². The van der Waals surface area contributed by atoms with Crippen LogP contribution in [-0.4, -0.2) is 31.6 Å². The molecule has 1 heterocycles. The van der Waals surface area contributed by atoms with Gasteiger partial charge in [-0.25, -0.2) is 0 Å². The van der Waals surface area contributed by atoms with Gasteiger partial charge in [0.15, 0.2) is 6.10 Å². The highest BCUT2D eigenvalue weighted by Crippen LogP contribution is 2.34. The van der Waals surface area contributed by atoms with Crippen molar-refractivity contribution >= 4 is 23.2 Å². The maximum atomic E-state index is 12.4. The van der Waals surface area contributed by atoms with Crippen molar-refractivity contribution < 1.29 is 19.1 Å². The minimum Gasteiger partial charge on any atom is -0.495 e. The van der Waals surface area contributed by atoms with Gasteiger partial charge in [0.25, 0.3) is 5.91 Å². The molecule has 1 saturated heterocycles. The van der Waals surface area contributed by atoms with Crippen LogP contribution in [0.15, 0.2) is 48.5 Å². The minimum absolute atomic E-state index is 0.0626. The van der Waals surface area contributed by atoms with Crippen LogP contribution in [0.25, 0.3) is 0 Å². The van der Waals surface area contributed by atoms with Crippen molar-refractivity contribution in [3.8, 4) is 11.5 Å². The summed E-state index contributed by atoms with van der Waals surface area (Å²) in [6, 6.07) is 14.4. The van der Waals surface area contributed by atoms with Gasteiger partial charge in [0.2, 0.25) is 5.91 Å². The summed E-state index contributed by atoms with van der Waals surface area (Å²) < 4.78 is 11.0. The summed E-state index contributed by atoms with van der Waals surface area (Å²) in [5, 5.41) is 2.83. The monoisotopic (exact) mass is 354 g/mol. The van der Waals surface area contributed by atoms with Gasteiger partial charge in [0, 0.05) is 18.7 Å². The molecule has 1 unspecified atom stereocenters. The summed E-state index contributed by atoms with van der Waals surface area (Å²) >= 11 is 0. The number of hydrogen-bond donors (Lipinski definition) is 1. The maximum Gasteiger partial charge on any atom is 0.265 e. The molecule has 2 aromatic rings. The number of hydrogen-bond acceptors (Lipinski definition) is 4. The van der Waals surface area contributed by atoms with Gasteiger partial charge in [-0.15, -0.1) is 0 Å². The highest BCUT2D eigenvalue weighted by molar-refractivity contribution is 5.99. The van der Waals surface area contributed by atoms with Gasteiger partial charge in [-0.3, -0.25) is 9.59 Å². The lowest BCUT2D eigenvalue weighted by Crippen LogP contribution is -2.30. The molecule has 1 aliphatic heterocycles. The van der Waals surface area contributed by atoms with Crippen molar-refractivity contribution in [2.75, 3.05) is 23.9 Å². The molecule has 1 atom stereocenters. The molecular formula is C20H22N2O4. The second-order valence-electron chi connectivity index (χ2n) is 6.10. The fourth-order valence-corrected chi connectivity index (χ4v) is 2.88. The first kappa shape index (κ1) is 17.8. The van der Waals surface area contributed by atoms with Crippen LogP contribution in [0.4, 0.5) is 11.4 Å². The zero-order chi connectivity index (χ0) is 18.5. The predicted octanol–water partition coefficient (Wildman–Crippen LogP) is 3.23. The first-order valence-electron chi connectivity index (χ1n) is 8.59. The fourth-order valence-electron chi connectivity index (χ4n) is 2.88. The highest BCUT2D eigenvalue weighted by atomic mass is 16.5. The zero-order valence-electron chi connectivity index (χ0n) is 14.9. The largest absolute Gasteiger partial charge is 0.495 e. The predicted molar refractivity (Wildman–Crippen MR) is 99.7 cm³/mol. The SMILES string of the molecule is COc1ccc(NC(=O)C(C)Oc2ccccc2)cc1N1CCCC1=O. The molecule has 2 aromatic carbocycles. The van der Waals surface area contributed by atoms with E-state index in [1.807, 2.05) is 18.2 Å². The Morgan fingerprint density at radius 1 is 1.19 bits per heavy atom. The van der Waals surface area contributed by atoms with Gasteiger partial charge < -0.3 is 19.7 Å². The van der Waals surface area contributed by atoms with E-state index in [9.17, 15) is 9.59 Å². The number of benzene rings is 2. The number of amides is 2. The van der Waals surface area contributed by atoms with E-state index in [0.29, 0.717) is 35.8 Å². The Morgan fingerprint density at radius 3 is 2.62 bits per heavy atom. The molecule has 0 spiro atoms. The van der Waals surface area contributed by atoms with Crippen LogP contribution in [0.1, 0.15) is 19.8 Å². The van der Waals surface area contributed by atoms with Crippen molar-refractivity contribution in [3.63, 3.8) is 0 Å². The van der Waals surface area contributed by atoms with Crippen LogP contribution in [0, 0.1) is 0 Å². The molecule has 1 aliphatic rings. The van der Waals surface area contributed by atoms with Crippen molar-refractivity contribution in [2.45, 2.75) is 25.9 Å². The van der Waals surface area contributed by atoms with Gasteiger partial charge in [-0.1, -0.05) is 18.2 Å². The number of nitrogens with one attached hydrogen (secondary N) is 1. The number of para-hydroxylation sites is 1. The Labute approximate surface area is 152 Å². The summed E-state index contributed by atoms with van der Waals surface area (Å²) in [5.74, 6) is 1.03. The van der Waals surface area contributed by atoms with E-state index in [4.69, 9.17) is 9.47 Å². The van der Waals surface area contributed by atoms with Crippen molar-refractivity contribution in [1.82, 2.24) is 0 Å². The lowest BCUT2D eigenvalue weighted by atomic mass is 10.2. The Hall–Kier alpha value is -3.02. The lowest BCUT2D eigenvalue weighted by molar-refractivity contribution is -0.122. The van der Waals surface area contributed by atoms with E-state index in [-0.39, 0.29) is 11.8 Å². The molecule has 1 N–H and O–H groups in total. The normalized spacial score (nSPS) is 14.8. The van der Waals surface area contributed by atoms with E-state index in [1.54, 1.807) is 49.3 Å². The first-order valence-corrected chi connectivity index (χ1v) is 8.59. The summed E-state index contributed by atoms with van der Waals surface area (Å²) in [6.07, 6.45) is 0.693. The van der Waals surface area contributed by atoms with E-state index in [2.05, 4.69) is 5.32 Å². The smallest absolute Gasteiger partial charge is 0.265 e. The molecule has 0 bridgehead atoms. The number of rotatable bonds is 6. The van der Waals surface area contributed by atoms with Gasteiger partial charge in [-0.2, -0.15) is 0 Å². The zero-order valence-corrected chi connectivity index (χ0v) is 14.9. The lowest BCUT2D eigenvalue weighted by Gasteiger charge is -2.20. The standard InChI is InChI=1S/C20H22N2O4/c1-14(26-16-7-4-3-5-8-16)20(24)21-15-10-11-18(25-2)17(13-15)22-12-6-9-19(22)23/h3-5,7-8,10-11,13-14H,6,9,12H2,1-2H3,(H,21,24).